The number of hydrogen-bond donors (Lipinski definition) is 0. The van der Waals surface area contributed by atoms with E-state index in [1.54, 1.807) is 0 Å². The van der Waals surface area contributed by atoms with Crippen LogP contribution < -0.4 is 0 Å². The maximum absolute atomic E-state index is 6.34. The first-order valence-corrected chi connectivity index (χ1v) is 8.22. The van der Waals surface area contributed by atoms with Gasteiger partial charge >= 0.3 is 0 Å². The molecule has 0 spiro atoms. The zero-order chi connectivity index (χ0) is 15.0. The predicted octanol–water partition coefficient (Wildman–Crippen LogP) is 3.52. The molecule has 114 valence electrons. The van der Waals surface area contributed by atoms with E-state index < -0.39 is 0 Å². The molecular formula is C16H23ClN4. The Balaban J connectivity index is 1.98. The molecule has 1 aliphatic rings. The van der Waals surface area contributed by atoms with Crippen molar-refractivity contribution in [3.8, 4) is 0 Å². The largest absolute Gasteiger partial charge is 0.310 e. The number of fused-ring (bicyclic) bond motifs is 1. The first-order chi connectivity index (χ1) is 10.1. The van der Waals surface area contributed by atoms with Crippen LogP contribution in [0.3, 0.4) is 0 Å². The molecular weight excluding hydrogens is 284 g/mol. The van der Waals surface area contributed by atoms with Crippen LogP contribution in [0.5, 0.6) is 0 Å². The Morgan fingerprint density at radius 3 is 2.57 bits per heavy atom. The maximum atomic E-state index is 6.34. The number of pyridine rings is 1. The standard InChI is InChI=1S/C16H23ClN4/c1-11-6-7-14-16(18-11)21(15(19-14)13(3)17)10-12(2)20-8-4-5-9-20/h6-7,12-13H,4-5,8-10H2,1-3H3. The van der Waals surface area contributed by atoms with E-state index in [2.05, 4.69) is 26.4 Å². The molecule has 1 fully saturated rings. The molecule has 0 saturated carbocycles. The molecule has 2 unspecified atom stereocenters. The quantitative estimate of drug-likeness (QED) is 0.810. The van der Waals surface area contributed by atoms with Gasteiger partial charge in [0.1, 0.15) is 11.3 Å². The average Bonchev–Trinajstić information content (AvgIpc) is 3.07. The fraction of sp³-hybridized carbons (Fsp3) is 0.625. The molecule has 2 aromatic rings. The Kier molecular flexibility index (Phi) is 4.18. The van der Waals surface area contributed by atoms with E-state index >= 15 is 0 Å². The summed E-state index contributed by atoms with van der Waals surface area (Å²) in [6, 6.07) is 4.53. The number of hydrogen-bond acceptors (Lipinski definition) is 3. The number of alkyl halides is 1. The maximum Gasteiger partial charge on any atom is 0.160 e. The fourth-order valence-corrected chi connectivity index (χ4v) is 3.33. The molecule has 4 nitrogen and oxygen atoms in total. The van der Waals surface area contributed by atoms with Gasteiger partial charge in [-0.15, -0.1) is 11.6 Å². The molecule has 0 aromatic carbocycles. The van der Waals surface area contributed by atoms with E-state index in [9.17, 15) is 0 Å². The fourth-order valence-electron chi connectivity index (χ4n) is 3.16. The number of imidazole rings is 1. The van der Waals surface area contributed by atoms with Crippen molar-refractivity contribution in [3.05, 3.63) is 23.7 Å². The second-order valence-electron chi connectivity index (χ2n) is 6.08. The van der Waals surface area contributed by atoms with Crippen LogP contribution in [0.1, 0.15) is 43.6 Å². The molecule has 0 radical (unpaired) electrons. The van der Waals surface area contributed by atoms with Gasteiger partial charge in [-0.2, -0.15) is 0 Å². The van der Waals surface area contributed by atoms with Gasteiger partial charge < -0.3 is 4.57 Å². The van der Waals surface area contributed by atoms with Crippen LogP contribution >= 0.6 is 11.6 Å². The third kappa shape index (κ3) is 2.92. The highest BCUT2D eigenvalue weighted by Crippen LogP contribution is 2.25. The van der Waals surface area contributed by atoms with E-state index in [0.29, 0.717) is 6.04 Å². The van der Waals surface area contributed by atoms with Gasteiger partial charge in [-0.1, -0.05) is 0 Å². The minimum atomic E-state index is -0.106. The number of halogens is 1. The molecule has 1 aliphatic heterocycles. The molecule has 0 N–H and O–H groups in total. The van der Waals surface area contributed by atoms with Crippen LogP contribution in [0.25, 0.3) is 11.2 Å². The summed E-state index contributed by atoms with van der Waals surface area (Å²) in [6.07, 6.45) is 2.62. The molecule has 0 bridgehead atoms. The molecule has 1 saturated heterocycles. The number of likely N-dealkylation sites (tertiary alicyclic amines) is 1. The smallest absolute Gasteiger partial charge is 0.160 e. The molecule has 3 heterocycles. The zero-order valence-corrected chi connectivity index (χ0v) is 13.8. The average molecular weight is 307 g/mol. The molecule has 3 rings (SSSR count). The highest BCUT2D eigenvalue weighted by Gasteiger charge is 2.22. The van der Waals surface area contributed by atoms with Crippen LogP contribution in [0.4, 0.5) is 0 Å². The van der Waals surface area contributed by atoms with Gasteiger partial charge in [-0.05, 0) is 58.8 Å². The Hall–Kier alpha value is -1.13. The summed E-state index contributed by atoms with van der Waals surface area (Å²) in [4.78, 5) is 11.9. The highest BCUT2D eigenvalue weighted by molar-refractivity contribution is 6.20. The lowest BCUT2D eigenvalue weighted by Gasteiger charge is -2.25. The van der Waals surface area contributed by atoms with Crippen LogP contribution in [0, 0.1) is 6.92 Å². The van der Waals surface area contributed by atoms with Crippen LogP contribution in [0.2, 0.25) is 0 Å². The summed E-state index contributed by atoms with van der Waals surface area (Å²) in [5.41, 5.74) is 2.92. The van der Waals surface area contributed by atoms with Gasteiger partial charge in [0, 0.05) is 18.3 Å². The van der Waals surface area contributed by atoms with Gasteiger partial charge in [0.15, 0.2) is 5.65 Å². The highest BCUT2D eigenvalue weighted by atomic mass is 35.5. The van der Waals surface area contributed by atoms with Crippen molar-refractivity contribution in [2.75, 3.05) is 13.1 Å². The summed E-state index contributed by atoms with van der Waals surface area (Å²) < 4.78 is 2.21. The van der Waals surface area contributed by atoms with E-state index in [1.165, 1.54) is 25.9 Å². The number of nitrogens with zero attached hydrogens (tertiary/aromatic N) is 4. The number of aryl methyl sites for hydroxylation is 1. The molecule has 0 amide bonds. The van der Waals surface area contributed by atoms with Gasteiger partial charge in [0.25, 0.3) is 0 Å². The van der Waals surface area contributed by atoms with Crippen LogP contribution in [0.15, 0.2) is 12.1 Å². The second kappa shape index (κ2) is 5.93. The van der Waals surface area contributed by atoms with Crippen molar-refractivity contribution in [1.82, 2.24) is 19.4 Å². The van der Waals surface area contributed by atoms with E-state index in [1.807, 2.05) is 26.0 Å². The number of aromatic nitrogens is 3. The normalized spacial score (nSPS) is 19.2. The SMILES string of the molecule is Cc1ccc2nc(C(C)Cl)n(CC(C)N3CCCC3)c2n1. The summed E-state index contributed by atoms with van der Waals surface area (Å²) in [5.74, 6) is 0.927. The molecule has 2 atom stereocenters. The molecule has 2 aromatic heterocycles. The second-order valence-corrected chi connectivity index (χ2v) is 6.74. The number of rotatable bonds is 4. The molecule has 5 heteroatoms. The first kappa shape index (κ1) is 14.8. The van der Waals surface area contributed by atoms with Gasteiger partial charge in [0.2, 0.25) is 0 Å². The Bertz CT molecular complexity index is 628. The molecule has 0 aliphatic carbocycles. The van der Waals surface area contributed by atoms with E-state index in [4.69, 9.17) is 11.6 Å². The van der Waals surface area contributed by atoms with Crippen molar-refractivity contribution in [3.63, 3.8) is 0 Å². The van der Waals surface area contributed by atoms with Crippen LogP contribution in [-0.2, 0) is 6.54 Å². The first-order valence-electron chi connectivity index (χ1n) is 7.78. The van der Waals surface area contributed by atoms with Crippen molar-refractivity contribution in [1.29, 1.82) is 0 Å². The van der Waals surface area contributed by atoms with Gasteiger partial charge in [-0.3, -0.25) is 4.90 Å². The summed E-state index contributed by atoms with van der Waals surface area (Å²) in [6.45, 7) is 9.59. The summed E-state index contributed by atoms with van der Waals surface area (Å²) >= 11 is 6.34. The monoisotopic (exact) mass is 306 g/mol. The van der Waals surface area contributed by atoms with E-state index in [-0.39, 0.29) is 5.38 Å². The lowest BCUT2D eigenvalue weighted by molar-refractivity contribution is 0.235. The lowest BCUT2D eigenvalue weighted by Crippen LogP contribution is -2.34. The third-order valence-corrected chi connectivity index (χ3v) is 4.52. The minimum absolute atomic E-state index is 0.106. The van der Waals surface area contributed by atoms with Crippen molar-refractivity contribution < 1.29 is 0 Å². The van der Waals surface area contributed by atoms with Gasteiger partial charge in [0.05, 0.1) is 5.38 Å². The Morgan fingerprint density at radius 1 is 1.19 bits per heavy atom. The van der Waals surface area contributed by atoms with Crippen LogP contribution in [-0.4, -0.2) is 38.6 Å². The lowest BCUT2D eigenvalue weighted by atomic mass is 10.3. The zero-order valence-electron chi connectivity index (χ0n) is 13.0. The van der Waals surface area contributed by atoms with Crippen molar-refractivity contribution in [2.45, 2.75) is 51.6 Å². The third-order valence-electron chi connectivity index (χ3n) is 4.33. The van der Waals surface area contributed by atoms with Crippen molar-refractivity contribution in [2.24, 2.45) is 0 Å². The van der Waals surface area contributed by atoms with Gasteiger partial charge in [-0.25, -0.2) is 9.97 Å². The summed E-state index contributed by atoms with van der Waals surface area (Å²) in [5, 5.41) is -0.106. The van der Waals surface area contributed by atoms with Crippen molar-refractivity contribution >= 4 is 22.8 Å². The topological polar surface area (TPSA) is 34.0 Å². The summed E-state index contributed by atoms with van der Waals surface area (Å²) in [7, 11) is 0. The minimum Gasteiger partial charge on any atom is -0.310 e. The Morgan fingerprint density at radius 2 is 1.90 bits per heavy atom. The predicted molar refractivity (Wildman–Crippen MR) is 86.8 cm³/mol. The van der Waals surface area contributed by atoms with E-state index in [0.717, 1.165) is 29.2 Å². The Labute approximate surface area is 131 Å². The molecule has 21 heavy (non-hydrogen) atoms.